The number of benzene rings is 1. The molecule has 0 fully saturated rings. The van der Waals surface area contributed by atoms with Crippen molar-refractivity contribution in [3.05, 3.63) is 35.4 Å². The van der Waals surface area contributed by atoms with Gasteiger partial charge in [-0.1, -0.05) is 12.1 Å². The maximum absolute atomic E-state index is 11.6. The summed E-state index contributed by atoms with van der Waals surface area (Å²) in [5.74, 6) is -0.468. The van der Waals surface area contributed by atoms with Crippen molar-refractivity contribution in [2.24, 2.45) is 5.73 Å². The summed E-state index contributed by atoms with van der Waals surface area (Å²) in [4.78, 5) is 22.8. The molecule has 0 heterocycles. The van der Waals surface area contributed by atoms with Gasteiger partial charge in [-0.2, -0.15) is 0 Å². The van der Waals surface area contributed by atoms with Gasteiger partial charge in [-0.05, 0) is 31.5 Å². The van der Waals surface area contributed by atoms with Gasteiger partial charge in [0.15, 0.2) is 0 Å². The lowest BCUT2D eigenvalue weighted by atomic mass is 10.0. The van der Waals surface area contributed by atoms with Gasteiger partial charge in [-0.25, -0.2) is 4.79 Å². The highest BCUT2D eigenvalue weighted by Crippen LogP contribution is 2.07. The number of nitrogens with one attached hydrogen (secondary N) is 1. The van der Waals surface area contributed by atoms with Crippen LogP contribution in [0.4, 0.5) is 0 Å². The topological polar surface area (TPSA) is 81.4 Å². The molecular weight excluding hydrogens is 244 g/mol. The van der Waals surface area contributed by atoms with Gasteiger partial charge in [-0.3, -0.25) is 4.79 Å². The highest BCUT2D eigenvalue weighted by molar-refractivity contribution is 5.89. The number of methoxy groups -OCH3 is 1. The molecule has 1 aromatic carbocycles. The summed E-state index contributed by atoms with van der Waals surface area (Å²) < 4.78 is 4.61. The fourth-order valence-corrected chi connectivity index (χ4v) is 1.55. The van der Waals surface area contributed by atoms with Crippen LogP contribution in [0.2, 0.25) is 0 Å². The Hall–Kier alpha value is -1.88. The first-order valence-electron chi connectivity index (χ1n) is 6.04. The summed E-state index contributed by atoms with van der Waals surface area (Å²) in [7, 11) is 1.34. The minimum Gasteiger partial charge on any atom is -0.465 e. The van der Waals surface area contributed by atoms with Gasteiger partial charge in [0.25, 0.3) is 0 Å². The molecule has 0 atom stereocenters. The zero-order valence-electron chi connectivity index (χ0n) is 11.5. The normalized spacial score (nSPS) is 10.9. The van der Waals surface area contributed by atoms with Gasteiger partial charge >= 0.3 is 5.97 Å². The highest BCUT2D eigenvalue weighted by Gasteiger charge is 2.15. The van der Waals surface area contributed by atoms with Crippen LogP contribution in [0, 0.1) is 0 Å². The molecule has 0 aliphatic heterocycles. The summed E-state index contributed by atoms with van der Waals surface area (Å²) in [6.45, 7) is 4.02. The summed E-state index contributed by atoms with van der Waals surface area (Å²) in [6.07, 6.45) is 0.271. The monoisotopic (exact) mass is 264 g/mol. The second-order valence-electron chi connectivity index (χ2n) is 5.13. The van der Waals surface area contributed by atoms with Crippen molar-refractivity contribution in [1.82, 2.24) is 5.32 Å². The number of hydrogen-bond donors (Lipinski definition) is 2. The van der Waals surface area contributed by atoms with Gasteiger partial charge in [0.05, 0.1) is 12.7 Å². The molecule has 5 nitrogen and oxygen atoms in total. The predicted octanol–water partition coefficient (Wildman–Crippen LogP) is 1.22. The van der Waals surface area contributed by atoms with Crippen LogP contribution in [0.3, 0.4) is 0 Å². The third-order valence-electron chi connectivity index (χ3n) is 2.48. The first-order valence-corrected chi connectivity index (χ1v) is 6.04. The molecule has 3 N–H and O–H groups in total. The molecule has 1 rings (SSSR count). The van der Waals surface area contributed by atoms with Crippen LogP contribution >= 0.6 is 0 Å². The lowest BCUT2D eigenvalue weighted by molar-refractivity contribution is -0.122. The SMILES string of the molecule is COC(=O)c1ccc(CNC(=O)CC(C)(C)N)cc1. The zero-order chi connectivity index (χ0) is 14.5. The van der Waals surface area contributed by atoms with Gasteiger partial charge in [-0.15, -0.1) is 0 Å². The van der Waals surface area contributed by atoms with E-state index in [0.29, 0.717) is 12.1 Å². The molecule has 0 aliphatic carbocycles. The van der Waals surface area contributed by atoms with Crippen LogP contribution in [0.5, 0.6) is 0 Å². The average molecular weight is 264 g/mol. The van der Waals surface area contributed by atoms with Crippen LogP contribution in [-0.4, -0.2) is 24.5 Å². The quantitative estimate of drug-likeness (QED) is 0.783. The summed E-state index contributed by atoms with van der Waals surface area (Å²) in [5, 5.41) is 2.78. The smallest absolute Gasteiger partial charge is 0.337 e. The Bertz CT molecular complexity index is 447. The molecule has 0 saturated heterocycles. The van der Waals surface area contributed by atoms with Gasteiger partial charge in [0.1, 0.15) is 0 Å². The number of rotatable bonds is 5. The number of esters is 1. The molecule has 104 valence electrons. The predicted molar refractivity (Wildman–Crippen MR) is 72.5 cm³/mol. The zero-order valence-corrected chi connectivity index (χ0v) is 11.5. The number of carbonyl (C=O) groups is 2. The standard InChI is InChI=1S/C14H20N2O3/c1-14(2,15)8-12(17)16-9-10-4-6-11(7-5-10)13(18)19-3/h4-7H,8-9,15H2,1-3H3,(H,16,17). The second kappa shape index (κ2) is 6.33. The third-order valence-corrected chi connectivity index (χ3v) is 2.48. The minimum atomic E-state index is -0.515. The maximum atomic E-state index is 11.6. The van der Waals surface area contributed by atoms with Crippen LogP contribution < -0.4 is 11.1 Å². The Balaban J connectivity index is 2.50. The van der Waals surface area contributed by atoms with E-state index in [-0.39, 0.29) is 18.3 Å². The van der Waals surface area contributed by atoms with Crippen LogP contribution in [0.1, 0.15) is 36.2 Å². The average Bonchev–Trinajstić information content (AvgIpc) is 2.34. The lowest BCUT2D eigenvalue weighted by Gasteiger charge is -2.17. The summed E-state index contributed by atoms with van der Waals surface area (Å²) >= 11 is 0. The van der Waals surface area contributed by atoms with E-state index in [4.69, 9.17) is 5.73 Å². The molecule has 0 aromatic heterocycles. The molecule has 0 spiro atoms. The molecule has 0 bridgehead atoms. The molecule has 0 saturated carbocycles. The maximum Gasteiger partial charge on any atom is 0.337 e. The van der Waals surface area contributed by atoms with Crippen molar-refractivity contribution >= 4 is 11.9 Å². The second-order valence-corrected chi connectivity index (χ2v) is 5.13. The van der Waals surface area contributed by atoms with E-state index in [9.17, 15) is 9.59 Å². The van der Waals surface area contributed by atoms with Gasteiger partial charge in [0.2, 0.25) is 5.91 Å². The van der Waals surface area contributed by atoms with E-state index < -0.39 is 5.54 Å². The Morgan fingerprint density at radius 1 is 1.26 bits per heavy atom. The van der Waals surface area contributed by atoms with E-state index in [1.54, 1.807) is 38.1 Å². The fraction of sp³-hybridized carbons (Fsp3) is 0.429. The molecule has 19 heavy (non-hydrogen) atoms. The number of carbonyl (C=O) groups excluding carboxylic acids is 2. The number of ether oxygens (including phenoxy) is 1. The van der Waals surface area contributed by atoms with Crippen molar-refractivity contribution < 1.29 is 14.3 Å². The van der Waals surface area contributed by atoms with Crippen molar-refractivity contribution in [3.8, 4) is 0 Å². The van der Waals surface area contributed by atoms with Crippen LogP contribution in [-0.2, 0) is 16.1 Å². The Morgan fingerprint density at radius 2 is 1.84 bits per heavy atom. The third kappa shape index (κ3) is 5.52. The van der Waals surface area contributed by atoms with E-state index in [1.165, 1.54) is 7.11 Å². The molecule has 0 radical (unpaired) electrons. The first kappa shape index (κ1) is 15.2. The number of nitrogens with two attached hydrogens (primary N) is 1. The van der Waals surface area contributed by atoms with Crippen molar-refractivity contribution in [2.45, 2.75) is 32.4 Å². The highest BCUT2D eigenvalue weighted by atomic mass is 16.5. The minimum absolute atomic E-state index is 0.0930. The number of amides is 1. The van der Waals surface area contributed by atoms with E-state index in [2.05, 4.69) is 10.1 Å². The Labute approximate surface area is 113 Å². The van der Waals surface area contributed by atoms with Gasteiger partial charge in [0, 0.05) is 18.5 Å². The fourth-order valence-electron chi connectivity index (χ4n) is 1.55. The molecule has 1 aromatic rings. The summed E-state index contributed by atoms with van der Waals surface area (Å²) in [5.41, 5.74) is 6.65. The van der Waals surface area contributed by atoms with E-state index in [0.717, 1.165) is 5.56 Å². The van der Waals surface area contributed by atoms with Crippen molar-refractivity contribution in [3.63, 3.8) is 0 Å². The van der Waals surface area contributed by atoms with Crippen molar-refractivity contribution in [2.75, 3.05) is 7.11 Å². The molecule has 0 aliphatic rings. The Kier molecular flexibility index (Phi) is 5.06. The Morgan fingerprint density at radius 3 is 2.32 bits per heavy atom. The number of hydrogen-bond acceptors (Lipinski definition) is 4. The van der Waals surface area contributed by atoms with Crippen LogP contribution in [0.15, 0.2) is 24.3 Å². The van der Waals surface area contributed by atoms with Gasteiger partial charge < -0.3 is 15.8 Å². The first-order chi connectivity index (χ1) is 8.81. The van der Waals surface area contributed by atoms with Crippen LogP contribution in [0.25, 0.3) is 0 Å². The summed E-state index contributed by atoms with van der Waals surface area (Å²) in [6, 6.07) is 6.89. The molecule has 1 amide bonds. The largest absolute Gasteiger partial charge is 0.465 e. The van der Waals surface area contributed by atoms with E-state index in [1.807, 2.05) is 0 Å². The van der Waals surface area contributed by atoms with E-state index >= 15 is 0 Å². The molecular formula is C14H20N2O3. The van der Waals surface area contributed by atoms with Crippen molar-refractivity contribution in [1.29, 1.82) is 0 Å². The molecule has 5 heteroatoms. The lowest BCUT2D eigenvalue weighted by Crippen LogP contribution is -2.38. The molecule has 0 unspecified atom stereocenters.